The van der Waals surface area contributed by atoms with Crippen molar-refractivity contribution in [2.24, 2.45) is 11.3 Å². The van der Waals surface area contributed by atoms with Crippen LogP contribution in [0.1, 0.15) is 41.7 Å². The van der Waals surface area contributed by atoms with E-state index >= 15 is 0 Å². The van der Waals surface area contributed by atoms with Gasteiger partial charge in [0, 0.05) is 56.1 Å². The van der Waals surface area contributed by atoms with E-state index in [1.165, 1.54) is 25.1 Å². The Morgan fingerprint density at radius 2 is 1.96 bits per heavy atom. The Morgan fingerprint density at radius 1 is 1.23 bits per heavy atom. The minimum absolute atomic E-state index is 0.0749. The molecule has 1 aromatic heterocycles. The number of aliphatic carboxylic acids is 1. The van der Waals surface area contributed by atoms with Gasteiger partial charge in [0.05, 0.1) is 0 Å². The molecule has 3 heterocycles. The summed E-state index contributed by atoms with van der Waals surface area (Å²) >= 11 is 0. The zero-order chi connectivity index (χ0) is 18.5. The number of aromatic nitrogens is 1. The van der Waals surface area contributed by atoms with Gasteiger partial charge in [0.1, 0.15) is 11.0 Å². The number of likely N-dealkylation sites (tertiary alicyclic amines) is 2. The number of nitrogens with one attached hydrogen (secondary N) is 1. The molecule has 26 heavy (non-hydrogen) atoms. The molecule has 7 heteroatoms. The third-order valence-electron chi connectivity index (χ3n) is 6.48. The maximum atomic E-state index is 12.8. The molecule has 2 N–H and O–H groups in total. The van der Waals surface area contributed by atoms with Crippen LogP contribution in [0.15, 0.2) is 17.1 Å². The number of aryl methyl sites for hydroxylation is 1. The highest BCUT2D eigenvalue weighted by Crippen LogP contribution is 2.45. The second-order valence-electron chi connectivity index (χ2n) is 8.11. The minimum atomic E-state index is -0.907. The van der Waals surface area contributed by atoms with Crippen LogP contribution in [0, 0.1) is 18.3 Å². The summed E-state index contributed by atoms with van der Waals surface area (Å²) in [7, 11) is 0. The van der Waals surface area contributed by atoms with Crippen LogP contribution in [0.25, 0.3) is 0 Å². The quantitative estimate of drug-likeness (QED) is 0.842. The molecule has 0 aromatic carbocycles. The molecule has 1 amide bonds. The molecule has 0 radical (unpaired) electrons. The van der Waals surface area contributed by atoms with E-state index in [2.05, 4.69) is 9.88 Å². The number of nitrogens with zero attached hydrogens (tertiary/aromatic N) is 2. The van der Waals surface area contributed by atoms with Crippen LogP contribution in [0.4, 0.5) is 0 Å². The van der Waals surface area contributed by atoms with E-state index in [1.54, 1.807) is 11.8 Å². The molecule has 1 aromatic rings. The molecule has 2 atom stereocenters. The first-order chi connectivity index (χ1) is 12.4. The van der Waals surface area contributed by atoms with Gasteiger partial charge in [-0.05, 0) is 19.8 Å². The van der Waals surface area contributed by atoms with Crippen molar-refractivity contribution in [1.82, 2.24) is 14.8 Å². The second-order valence-corrected chi connectivity index (χ2v) is 8.11. The van der Waals surface area contributed by atoms with Crippen LogP contribution in [0.3, 0.4) is 0 Å². The van der Waals surface area contributed by atoms with Crippen molar-refractivity contribution >= 4 is 11.9 Å². The summed E-state index contributed by atoms with van der Waals surface area (Å²) in [5, 5.41) is 9.96. The van der Waals surface area contributed by atoms with Gasteiger partial charge in [0.25, 0.3) is 5.91 Å². The Hall–Kier alpha value is -2.15. The SMILES string of the molecule is Cc1cc(=O)c(C(=O)N2C[C@@H]3CN(C4CCCC4)C[C@]3(C(=O)O)C2)c[nH]1. The molecule has 1 aliphatic carbocycles. The number of amides is 1. The normalized spacial score (nSPS) is 29.3. The maximum Gasteiger partial charge on any atom is 0.313 e. The van der Waals surface area contributed by atoms with E-state index in [-0.39, 0.29) is 29.4 Å². The van der Waals surface area contributed by atoms with E-state index in [9.17, 15) is 19.5 Å². The number of hydrogen-bond acceptors (Lipinski definition) is 4. The van der Waals surface area contributed by atoms with Gasteiger partial charge < -0.3 is 15.0 Å². The third kappa shape index (κ3) is 2.65. The first-order valence-electron chi connectivity index (χ1n) is 9.37. The van der Waals surface area contributed by atoms with Crippen LogP contribution in [-0.2, 0) is 4.79 Å². The van der Waals surface area contributed by atoms with E-state index in [0.717, 1.165) is 19.4 Å². The van der Waals surface area contributed by atoms with Crippen molar-refractivity contribution in [2.45, 2.75) is 38.6 Å². The summed E-state index contributed by atoms with van der Waals surface area (Å²) in [6.07, 6.45) is 6.15. The summed E-state index contributed by atoms with van der Waals surface area (Å²) in [5.74, 6) is -1.26. The van der Waals surface area contributed by atoms with Gasteiger partial charge >= 0.3 is 5.97 Å². The summed E-state index contributed by atoms with van der Waals surface area (Å²) in [4.78, 5) is 43.9. The predicted molar refractivity (Wildman–Crippen MR) is 95.1 cm³/mol. The van der Waals surface area contributed by atoms with Gasteiger partial charge in [0.15, 0.2) is 5.43 Å². The van der Waals surface area contributed by atoms with Gasteiger partial charge in [-0.1, -0.05) is 12.8 Å². The standard InChI is InChI=1S/C19H25N3O4/c1-12-6-16(23)15(7-20-12)17(24)22-9-13-8-21(14-4-2-3-5-14)10-19(13,11-22)18(25)26/h6-7,13-14H,2-5,8-11H2,1H3,(H,20,23)(H,25,26)/t13-,19-/m0/s1. The van der Waals surface area contributed by atoms with Gasteiger partial charge in [-0.25, -0.2) is 0 Å². The maximum absolute atomic E-state index is 12.8. The van der Waals surface area contributed by atoms with Crippen LogP contribution in [-0.4, -0.2) is 64.0 Å². The van der Waals surface area contributed by atoms with Gasteiger partial charge in [-0.15, -0.1) is 0 Å². The fourth-order valence-electron chi connectivity index (χ4n) is 5.02. The lowest BCUT2D eigenvalue weighted by Crippen LogP contribution is -2.44. The average Bonchev–Trinajstić information content (AvgIpc) is 3.28. The number of pyridine rings is 1. The highest BCUT2D eigenvalue weighted by Gasteiger charge is 2.59. The van der Waals surface area contributed by atoms with Gasteiger partial charge in [-0.3, -0.25) is 19.3 Å². The average molecular weight is 359 g/mol. The molecule has 140 valence electrons. The van der Waals surface area contributed by atoms with Crippen molar-refractivity contribution < 1.29 is 14.7 Å². The Labute approximate surface area is 152 Å². The molecule has 2 saturated heterocycles. The summed E-state index contributed by atoms with van der Waals surface area (Å²) in [6, 6.07) is 1.89. The molecule has 4 rings (SSSR count). The number of carboxylic acid groups (broad SMARTS) is 1. The van der Waals surface area contributed by atoms with Crippen molar-refractivity contribution in [3.63, 3.8) is 0 Å². The van der Waals surface area contributed by atoms with Crippen LogP contribution in [0.2, 0.25) is 0 Å². The number of carbonyl (C=O) groups excluding carboxylic acids is 1. The Bertz CT molecular complexity index is 798. The molecule has 7 nitrogen and oxygen atoms in total. The number of H-pyrrole nitrogens is 1. The lowest BCUT2D eigenvalue weighted by Gasteiger charge is -2.28. The summed E-state index contributed by atoms with van der Waals surface area (Å²) in [6.45, 7) is 3.58. The van der Waals surface area contributed by atoms with Crippen molar-refractivity contribution in [3.05, 3.63) is 33.7 Å². The predicted octanol–water partition coefficient (Wildman–Crippen LogP) is 1.08. The van der Waals surface area contributed by atoms with E-state index in [1.807, 2.05) is 0 Å². The number of fused-ring (bicyclic) bond motifs is 1. The van der Waals surface area contributed by atoms with Crippen LogP contribution < -0.4 is 5.43 Å². The molecule has 1 saturated carbocycles. The number of rotatable bonds is 3. The minimum Gasteiger partial charge on any atom is -0.481 e. The van der Waals surface area contributed by atoms with E-state index < -0.39 is 11.4 Å². The lowest BCUT2D eigenvalue weighted by atomic mass is 9.81. The zero-order valence-electron chi connectivity index (χ0n) is 15.0. The van der Waals surface area contributed by atoms with Crippen molar-refractivity contribution in [3.8, 4) is 0 Å². The summed E-state index contributed by atoms with van der Waals surface area (Å²) < 4.78 is 0. The van der Waals surface area contributed by atoms with E-state index in [4.69, 9.17) is 0 Å². The molecule has 2 aliphatic heterocycles. The first-order valence-corrected chi connectivity index (χ1v) is 9.37. The highest BCUT2D eigenvalue weighted by molar-refractivity contribution is 5.95. The number of hydrogen-bond donors (Lipinski definition) is 2. The first kappa shape index (κ1) is 17.3. The van der Waals surface area contributed by atoms with Crippen LogP contribution >= 0.6 is 0 Å². The smallest absolute Gasteiger partial charge is 0.313 e. The van der Waals surface area contributed by atoms with Crippen LogP contribution in [0.5, 0.6) is 0 Å². The van der Waals surface area contributed by atoms with Crippen molar-refractivity contribution in [1.29, 1.82) is 0 Å². The molecular weight excluding hydrogens is 334 g/mol. The number of carboxylic acids is 1. The van der Waals surface area contributed by atoms with Gasteiger partial charge in [-0.2, -0.15) is 0 Å². The van der Waals surface area contributed by atoms with Gasteiger partial charge in [0.2, 0.25) is 0 Å². The number of aromatic amines is 1. The fourth-order valence-corrected chi connectivity index (χ4v) is 5.02. The number of carbonyl (C=O) groups is 2. The topological polar surface area (TPSA) is 93.7 Å². The largest absolute Gasteiger partial charge is 0.481 e. The van der Waals surface area contributed by atoms with E-state index in [0.29, 0.717) is 24.8 Å². The molecular formula is C19H25N3O4. The second kappa shape index (κ2) is 6.23. The molecule has 0 spiro atoms. The Kier molecular flexibility index (Phi) is 4.14. The Morgan fingerprint density at radius 3 is 2.58 bits per heavy atom. The molecule has 3 fully saturated rings. The monoisotopic (exact) mass is 359 g/mol. The lowest BCUT2D eigenvalue weighted by molar-refractivity contribution is -0.148. The summed E-state index contributed by atoms with van der Waals surface area (Å²) in [5.41, 5.74) is -0.446. The molecule has 0 bridgehead atoms. The highest BCUT2D eigenvalue weighted by atomic mass is 16.4. The zero-order valence-corrected chi connectivity index (χ0v) is 15.0. The molecule has 0 unspecified atom stereocenters. The van der Waals surface area contributed by atoms with Crippen molar-refractivity contribution in [2.75, 3.05) is 26.2 Å². The third-order valence-corrected chi connectivity index (χ3v) is 6.48. The fraction of sp³-hybridized carbons (Fsp3) is 0.632. The molecule has 3 aliphatic rings. The Balaban J connectivity index is 1.55.